The van der Waals surface area contributed by atoms with Crippen molar-refractivity contribution in [2.24, 2.45) is 0 Å². The van der Waals surface area contributed by atoms with Crippen LogP contribution >= 0.6 is 27.5 Å². The van der Waals surface area contributed by atoms with Gasteiger partial charge in [-0.2, -0.15) is 0 Å². The molecule has 1 amide bonds. The van der Waals surface area contributed by atoms with E-state index < -0.39 is 0 Å². The van der Waals surface area contributed by atoms with E-state index in [2.05, 4.69) is 25.5 Å². The zero-order valence-electron chi connectivity index (χ0n) is 7.52. The first kappa shape index (κ1) is 10.0. The highest BCUT2D eigenvalue weighted by Gasteiger charge is 2.23. The molecule has 1 saturated heterocycles. The summed E-state index contributed by atoms with van der Waals surface area (Å²) < 4.78 is 3.69. The molecule has 0 saturated carbocycles. The molecule has 1 fully saturated rings. The van der Waals surface area contributed by atoms with E-state index in [-0.39, 0.29) is 5.91 Å². The Kier molecular flexibility index (Phi) is 3.12. The number of alkyl halides is 1. The fraction of sp³-hybridized carbons (Fsp3) is 0.625. The van der Waals surface area contributed by atoms with Gasteiger partial charge in [-0.25, -0.2) is 0 Å². The van der Waals surface area contributed by atoms with Crippen molar-refractivity contribution in [3.8, 4) is 0 Å². The monoisotopic (exact) mass is 275 g/mol. The van der Waals surface area contributed by atoms with Crippen LogP contribution in [-0.4, -0.2) is 38.3 Å². The summed E-state index contributed by atoms with van der Waals surface area (Å²) in [5.74, 6) is 0.0689. The standard InChI is InChI=1S/C8H10BrN3OS/c9-6-1-3-12(4-2-6)8(13)7-5-10-11-14-7/h5-6H,1-4H2. The summed E-state index contributed by atoms with van der Waals surface area (Å²) in [5, 5.41) is 3.66. The highest BCUT2D eigenvalue weighted by Crippen LogP contribution is 2.19. The maximum atomic E-state index is 11.8. The second-order valence-electron chi connectivity index (χ2n) is 3.25. The molecule has 0 aliphatic carbocycles. The van der Waals surface area contributed by atoms with Gasteiger partial charge in [-0.1, -0.05) is 20.4 Å². The van der Waals surface area contributed by atoms with Crippen LogP contribution in [0.3, 0.4) is 0 Å². The fourth-order valence-electron chi connectivity index (χ4n) is 1.47. The summed E-state index contributed by atoms with van der Waals surface area (Å²) >= 11 is 4.71. The second-order valence-corrected chi connectivity index (χ2v) is 5.33. The van der Waals surface area contributed by atoms with Crippen molar-refractivity contribution < 1.29 is 4.79 Å². The Labute approximate surface area is 94.6 Å². The van der Waals surface area contributed by atoms with E-state index in [1.54, 1.807) is 0 Å². The molecule has 0 N–H and O–H groups in total. The largest absolute Gasteiger partial charge is 0.338 e. The molecule has 2 heterocycles. The number of hydrogen-bond donors (Lipinski definition) is 0. The van der Waals surface area contributed by atoms with Gasteiger partial charge >= 0.3 is 0 Å². The minimum absolute atomic E-state index is 0.0689. The smallest absolute Gasteiger partial charge is 0.267 e. The van der Waals surface area contributed by atoms with Crippen LogP contribution in [0.2, 0.25) is 0 Å². The Morgan fingerprint density at radius 2 is 2.29 bits per heavy atom. The summed E-state index contributed by atoms with van der Waals surface area (Å²) in [5.41, 5.74) is 0. The third-order valence-corrected chi connectivity index (χ3v) is 3.85. The molecule has 1 aliphatic heterocycles. The number of carbonyl (C=O) groups excluding carboxylic acids is 1. The fourth-order valence-corrected chi connectivity index (χ4v) is 2.36. The number of likely N-dealkylation sites (tertiary alicyclic amines) is 1. The molecule has 0 atom stereocenters. The first-order chi connectivity index (χ1) is 6.77. The van der Waals surface area contributed by atoms with Gasteiger partial charge in [0.15, 0.2) is 0 Å². The number of nitrogens with zero attached hydrogens (tertiary/aromatic N) is 3. The number of hydrogen-bond acceptors (Lipinski definition) is 4. The molecule has 14 heavy (non-hydrogen) atoms. The summed E-state index contributed by atoms with van der Waals surface area (Å²) in [4.78, 5) is 14.9. The third kappa shape index (κ3) is 2.12. The number of halogens is 1. The molecule has 0 radical (unpaired) electrons. The molecule has 0 bridgehead atoms. The van der Waals surface area contributed by atoms with E-state index in [0.717, 1.165) is 37.5 Å². The number of carbonyl (C=O) groups is 1. The average molecular weight is 276 g/mol. The highest BCUT2D eigenvalue weighted by atomic mass is 79.9. The van der Waals surface area contributed by atoms with Gasteiger partial charge in [-0.05, 0) is 24.4 Å². The predicted octanol–water partition coefficient (Wildman–Crippen LogP) is 1.54. The van der Waals surface area contributed by atoms with E-state index in [0.29, 0.717) is 9.70 Å². The first-order valence-electron chi connectivity index (χ1n) is 4.48. The second kappa shape index (κ2) is 4.35. The van der Waals surface area contributed by atoms with Gasteiger partial charge in [0, 0.05) is 17.9 Å². The lowest BCUT2D eigenvalue weighted by molar-refractivity contribution is 0.0733. The zero-order valence-corrected chi connectivity index (χ0v) is 9.92. The quantitative estimate of drug-likeness (QED) is 0.731. The molecule has 76 valence electrons. The van der Waals surface area contributed by atoms with Crippen LogP contribution < -0.4 is 0 Å². The highest BCUT2D eigenvalue weighted by molar-refractivity contribution is 9.09. The van der Waals surface area contributed by atoms with Crippen LogP contribution in [0.4, 0.5) is 0 Å². The van der Waals surface area contributed by atoms with E-state index in [1.807, 2.05) is 4.90 Å². The van der Waals surface area contributed by atoms with E-state index in [1.165, 1.54) is 6.20 Å². The van der Waals surface area contributed by atoms with Crippen molar-refractivity contribution in [1.29, 1.82) is 0 Å². The van der Waals surface area contributed by atoms with Crippen LogP contribution in [-0.2, 0) is 0 Å². The van der Waals surface area contributed by atoms with Crippen molar-refractivity contribution >= 4 is 33.4 Å². The van der Waals surface area contributed by atoms with Gasteiger partial charge < -0.3 is 4.90 Å². The minimum atomic E-state index is 0.0689. The van der Waals surface area contributed by atoms with E-state index in [9.17, 15) is 4.79 Å². The van der Waals surface area contributed by atoms with Crippen molar-refractivity contribution in [2.45, 2.75) is 17.7 Å². The van der Waals surface area contributed by atoms with Gasteiger partial charge in [0.2, 0.25) is 0 Å². The lowest BCUT2D eigenvalue weighted by Crippen LogP contribution is -2.38. The molecular formula is C8H10BrN3OS. The van der Waals surface area contributed by atoms with Gasteiger partial charge in [0.05, 0.1) is 6.20 Å². The number of amides is 1. The Balaban J connectivity index is 1.99. The van der Waals surface area contributed by atoms with Crippen LogP contribution in [0, 0.1) is 0 Å². The predicted molar refractivity (Wildman–Crippen MR) is 57.8 cm³/mol. The number of rotatable bonds is 1. The van der Waals surface area contributed by atoms with Crippen LogP contribution in [0.1, 0.15) is 22.5 Å². The van der Waals surface area contributed by atoms with E-state index >= 15 is 0 Å². The first-order valence-corrected chi connectivity index (χ1v) is 6.17. The molecule has 0 unspecified atom stereocenters. The SMILES string of the molecule is O=C(c1cnns1)N1CCC(Br)CC1. The normalized spacial score (nSPS) is 18.5. The van der Waals surface area contributed by atoms with Crippen molar-refractivity contribution in [3.05, 3.63) is 11.1 Å². The molecular weight excluding hydrogens is 266 g/mol. The molecule has 0 spiro atoms. The van der Waals surface area contributed by atoms with Crippen molar-refractivity contribution in [1.82, 2.24) is 14.5 Å². The molecule has 1 aromatic rings. The third-order valence-electron chi connectivity index (χ3n) is 2.28. The summed E-state index contributed by atoms with van der Waals surface area (Å²) in [6.45, 7) is 1.65. The summed E-state index contributed by atoms with van der Waals surface area (Å²) in [6.07, 6.45) is 3.59. The summed E-state index contributed by atoms with van der Waals surface area (Å²) in [7, 11) is 0. The van der Waals surface area contributed by atoms with Crippen LogP contribution in [0.5, 0.6) is 0 Å². The molecule has 1 aromatic heterocycles. The lowest BCUT2D eigenvalue weighted by Gasteiger charge is -2.28. The van der Waals surface area contributed by atoms with Crippen LogP contribution in [0.25, 0.3) is 0 Å². The van der Waals surface area contributed by atoms with Crippen molar-refractivity contribution in [2.75, 3.05) is 13.1 Å². The van der Waals surface area contributed by atoms with Gasteiger partial charge in [-0.3, -0.25) is 4.79 Å². The van der Waals surface area contributed by atoms with Gasteiger partial charge in [-0.15, -0.1) is 5.10 Å². The van der Waals surface area contributed by atoms with Gasteiger partial charge in [0.25, 0.3) is 5.91 Å². The average Bonchev–Trinajstić information content (AvgIpc) is 2.71. The van der Waals surface area contributed by atoms with Crippen LogP contribution in [0.15, 0.2) is 6.20 Å². The minimum Gasteiger partial charge on any atom is -0.338 e. The Morgan fingerprint density at radius 1 is 1.57 bits per heavy atom. The lowest BCUT2D eigenvalue weighted by atomic mass is 10.1. The Morgan fingerprint density at radius 3 is 2.86 bits per heavy atom. The molecule has 2 rings (SSSR count). The topological polar surface area (TPSA) is 46.1 Å². The number of piperidine rings is 1. The van der Waals surface area contributed by atoms with Crippen molar-refractivity contribution in [3.63, 3.8) is 0 Å². The van der Waals surface area contributed by atoms with Gasteiger partial charge in [0.1, 0.15) is 4.88 Å². The maximum absolute atomic E-state index is 11.8. The maximum Gasteiger partial charge on any atom is 0.267 e. The Hall–Kier alpha value is -0.490. The Bertz CT molecular complexity index is 308. The summed E-state index contributed by atoms with van der Waals surface area (Å²) in [6, 6.07) is 0. The zero-order chi connectivity index (χ0) is 9.97. The molecule has 0 aromatic carbocycles. The van der Waals surface area contributed by atoms with E-state index in [4.69, 9.17) is 0 Å². The number of aromatic nitrogens is 2. The molecule has 6 heteroatoms. The molecule has 4 nitrogen and oxygen atoms in total. The molecule has 1 aliphatic rings.